The molecule has 0 unspecified atom stereocenters. The lowest BCUT2D eigenvalue weighted by atomic mass is 10.1. The van der Waals surface area contributed by atoms with E-state index in [2.05, 4.69) is 21.2 Å². The molecule has 0 radical (unpaired) electrons. The van der Waals surface area contributed by atoms with Crippen molar-refractivity contribution in [2.45, 2.75) is 6.92 Å². The van der Waals surface area contributed by atoms with Crippen LogP contribution in [0.2, 0.25) is 5.02 Å². The van der Waals surface area contributed by atoms with Gasteiger partial charge in [0.2, 0.25) is 0 Å². The first-order valence-corrected chi connectivity index (χ1v) is 7.09. The average Bonchev–Trinajstić information content (AvgIpc) is 2.42. The number of carbonyl (C=O) groups excluding carboxylic acids is 1. The first kappa shape index (κ1) is 14.9. The molecule has 0 saturated heterocycles. The van der Waals surface area contributed by atoms with E-state index >= 15 is 0 Å². The lowest BCUT2D eigenvalue weighted by molar-refractivity contribution is 0.102. The molecule has 0 spiro atoms. The number of hydrogen-bond donors (Lipinski definition) is 1. The second-order valence-electron chi connectivity index (χ2n) is 4.28. The molecular formula is C15H13BrClNO2. The van der Waals surface area contributed by atoms with Crippen molar-refractivity contribution >= 4 is 39.1 Å². The molecule has 0 aromatic heterocycles. The smallest absolute Gasteiger partial charge is 0.259 e. The van der Waals surface area contributed by atoms with Crippen LogP contribution in [0.5, 0.6) is 5.75 Å². The second kappa shape index (κ2) is 6.29. The number of methoxy groups -OCH3 is 1. The van der Waals surface area contributed by atoms with Gasteiger partial charge in [0, 0.05) is 4.47 Å². The number of benzene rings is 2. The van der Waals surface area contributed by atoms with E-state index in [1.807, 2.05) is 19.1 Å². The van der Waals surface area contributed by atoms with Crippen LogP contribution in [-0.4, -0.2) is 13.0 Å². The normalized spacial score (nSPS) is 10.2. The number of rotatable bonds is 3. The highest BCUT2D eigenvalue weighted by Gasteiger charge is 2.14. The summed E-state index contributed by atoms with van der Waals surface area (Å²) in [4.78, 5) is 12.3. The van der Waals surface area contributed by atoms with Crippen molar-refractivity contribution in [1.29, 1.82) is 0 Å². The van der Waals surface area contributed by atoms with Gasteiger partial charge >= 0.3 is 0 Å². The Kier molecular flexibility index (Phi) is 4.68. The molecule has 0 fully saturated rings. The third kappa shape index (κ3) is 3.32. The van der Waals surface area contributed by atoms with E-state index < -0.39 is 0 Å². The van der Waals surface area contributed by atoms with E-state index in [1.54, 1.807) is 24.3 Å². The highest BCUT2D eigenvalue weighted by molar-refractivity contribution is 9.10. The summed E-state index contributed by atoms with van der Waals surface area (Å²) in [5.74, 6) is 0.268. The standard InChI is InChI=1S/C15H13BrClNO2/c1-9-3-6-14(20-2)11(7-9)15(19)18-13-8-10(16)4-5-12(13)17/h3-8H,1-2H3,(H,18,19). The molecule has 0 bridgehead atoms. The van der Waals surface area contributed by atoms with Crippen molar-refractivity contribution in [2.75, 3.05) is 12.4 Å². The minimum absolute atomic E-state index is 0.259. The monoisotopic (exact) mass is 353 g/mol. The molecular weight excluding hydrogens is 342 g/mol. The average molecular weight is 355 g/mol. The zero-order valence-electron chi connectivity index (χ0n) is 11.0. The van der Waals surface area contributed by atoms with Crippen molar-refractivity contribution < 1.29 is 9.53 Å². The Morgan fingerprint density at radius 1 is 1.25 bits per heavy atom. The molecule has 20 heavy (non-hydrogen) atoms. The predicted octanol–water partition coefficient (Wildman–Crippen LogP) is 4.67. The van der Waals surface area contributed by atoms with Crippen LogP contribution < -0.4 is 10.1 Å². The molecule has 5 heteroatoms. The number of hydrogen-bond acceptors (Lipinski definition) is 2. The summed E-state index contributed by atoms with van der Waals surface area (Å²) in [7, 11) is 1.54. The first-order valence-electron chi connectivity index (χ1n) is 5.92. The van der Waals surface area contributed by atoms with E-state index in [0.717, 1.165) is 10.0 Å². The number of halogens is 2. The molecule has 0 aliphatic carbocycles. The van der Waals surface area contributed by atoms with Crippen molar-refractivity contribution in [1.82, 2.24) is 0 Å². The van der Waals surface area contributed by atoms with Crippen molar-refractivity contribution in [2.24, 2.45) is 0 Å². The van der Waals surface area contributed by atoms with Crippen LogP contribution in [0.4, 0.5) is 5.69 Å². The van der Waals surface area contributed by atoms with Gasteiger partial charge in [-0.3, -0.25) is 4.79 Å². The van der Waals surface area contributed by atoms with Crippen LogP contribution >= 0.6 is 27.5 Å². The molecule has 0 heterocycles. The molecule has 2 rings (SSSR count). The summed E-state index contributed by atoms with van der Waals surface area (Å²) in [6.45, 7) is 1.92. The maximum absolute atomic E-state index is 12.3. The van der Waals surface area contributed by atoms with Gasteiger partial charge in [0.25, 0.3) is 5.91 Å². The first-order chi connectivity index (χ1) is 9.51. The summed E-state index contributed by atoms with van der Waals surface area (Å²) >= 11 is 9.41. The molecule has 1 N–H and O–H groups in total. The van der Waals surface area contributed by atoms with Gasteiger partial charge in [-0.05, 0) is 37.3 Å². The lowest BCUT2D eigenvalue weighted by Gasteiger charge is -2.11. The van der Waals surface area contributed by atoms with Gasteiger partial charge in [-0.25, -0.2) is 0 Å². The zero-order chi connectivity index (χ0) is 14.7. The largest absolute Gasteiger partial charge is 0.496 e. The molecule has 0 atom stereocenters. The highest BCUT2D eigenvalue weighted by Crippen LogP contribution is 2.27. The number of aryl methyl sites for hydroxylation is 1. The summed E-state index contributed by atoms with van der Waals surface area (Å²) in [5.41, 5.74) is 2.01. The Morgan fingerprint density at radius 2 is 2.00 bits per heavy atom. The van der Waals surface area contributed by atoms with Gasteiger partial charge < -0.3 is 10.1 Å². The van der Waals surface area contributed by atoms with Gasteiger partial charge in [0.15, 0.2) is 0 Å². The van der Waals surface area contributed by atoms with E-state index in [0.29, 0.717) is 22.0 Å². The van der Waals surface area contributed by atoms with E-state index in [-0.39, 0.29) is 5.91 Å². The topological polar surface area (TPSA) is 38.3 Å². The summed E-state index contributed by atoms with van der Waals surface area (Å²) in [6, 6.07) is 10.7. The van der Waals surface area contributed by atoms with Crippen LogP contribution in [0.1, 0.15) is 15.9 Å². The Hall–Kier alpha value is -1.52. The number of nitrogens with one attached hydrogen (secondary N) is 1. The zero-order valence-corrected chi connectivity index (χ0v) is 13.4. The minimum atomic E-state index is -0.259. The fourth-order valence-corrected chi connectivity index (χ4v) is 2.31. The van der Waals surface area contributed by atoms with Crippen molar-refractivity contribution in [3.63, 3.8) is 0 Å². The Balaban J connectivity index is 2.32. The SMILES string of the molecule is COc1ccc(C)cc1C(=O)Nc1cc(Br)ccc1Cl. The van der Waals surface area contributed by atoms with Gasteiger partial charge in [-0.15, -0.1) is 0 Å². The maximum Gasteiger partial charge on any atom is 0.259 e. The molecule has 0 saturated carbocycles. The molecule has 2 aromatic carbocycles. The quantitative estimate of drug-likeness (QED) is 0.869. The number of ether oxygens (including phenoxy) is 1. The Bertz CT molecular complexity index is 658. The van der Waals surface area contributed by atoms with Crippen LogP contribution in [0.15, 0.2) is 40.9 Å². The van der Waals surface area contributed by atoms with Gasteiger partial charge in [-0.1, -0.05) is 39.2 Å². The van der Waals surface area contributed by atoms with Gasteiger partial charge in [0.1, 0.15) is 5.75 Å². The van der Waals surface area contributed by atoms with Gasteiger partial charge in [-0.2, -0.15) is 0 Å². The number of amides is 1. The minimum Gasteiger partial charge on any atom is -0.496 e. The van der Waals surface area contributed by atoms with E-state index in [1.165, 1.54) is 7.11 Å². The van der Waals surface area contributed by atoms with E-state index in [4.69, 9.17) is 16.3 Å². The fraction of sp³-hybridized carbons (Fsp3) is 0.133. The summed E-state index contributed by atoms with van der Waals surface area (Å²) < 4.78 is 6.05. The Morgan fingerprint density at radius 3 is 2.70 bits per heavy atom. The van der Waals surface area contributed by atoms with E-state index in [9.17, 15) is 4.79 Å². The number of carbonyl (C=O) groups is 1. The molecule has 104 valence electrons. The summed E-state index contributed by atoms with van der Waals surface area (Å²) in [6.07, 6.45) is 0. The van der Waals surface area contributed by atoms with Crippen LogP contribution in [0.3, 0.4) is 0 Å². The maximum atomic E-state index is 12.3. The van der Waals surface area contributed by atoms with Crippen LogP contribution in [-0.2, 0) is 0 Å². The van der Waals surface area contributed by atoms with Crippen molar-refractivity contribution in [3.05, 3.63) is 57.0 Å². The molecule has 0 aliphatic heterocycles. The molecule has 2 aromatic rings. The second-order valence-corrected chi connectivity index (χ2v) is 5.60. The van der Waals surface area contributed by atoms with Gasteiger partial charge in [0.05, 0.1) is 23.4 Å². The fourth-order valence-electron chi connectivity index (χ4n) is 1.78. The van der Waals surface area contributed by atoms with Crippen LogP contribution in [0.25, 0.3) is 0 Å². The predicted molar refractivity (Wildman–Crippen MR) is 84.8 cm³/mol. The number of anilines is 1. The molecule has 1 amide bonds. The highest BCUT2D eigenvalue weighted by atomic mass is 79.9. The third-order valence-electron chi connectivity index (χ3n) is 2.78. The molecule has 3 nitrogen and oxygen atoms in total. The summed E-state index contributed by atoms with van der Waals surface area (Å²) in [5, 5.41) is 3.27. The van der Waals surface area contributed by atoms with Crippen LogP contribution in [0, 0.1) is 6.92 Å². The Labute approximate surface area is 131 Å². The lowest BCUT2D eigenvalue weighted by Crippen LogP contribution is -2.13. The molecule has 0 aliphatic rings. The van der Waals surface area contributed by atoms with Crippen molar-refractivity contribution in [3.8, 4) is 5.75 Å². The third-order valence-corrected chi connectivity index (χ3v) is 3.60.